The minimum atomic E-state index is -0.309. The molecule has 0 spiro atoms. The predicted molar refractivity (Wildman–Crippen MR) is 110 cm³/mol. The standard InChI is InChI=1S/C21H16BrFN2OS/c1-2-10-25(13-15-6-8-18(23)9-7-15)20(26)12-19-14-27-21(24-19)16-4-3-5-17(22)11-16/h1,3-9,11,14H,10,12-13H2. The number of rotatable bonds is 6. The van der Waals surface area contributed by atoms with Crippen molar-refractivity contribution in [3.05, 3.63) is 75.5 Å². The lowest BCUT2D eigenvalue weighted by atomic mass is 10.2. The molecule has 1 heterocycles. The molecule has 0 aliphatic heterocycles. The van der Waals surface area contributed by atoms with Crippen LogP contribution in [-0.2, 0) is 17.8 Å². The van der Waals surface area contributed by atoms with E-state index >= 15 is 0 Å². The Morgan fingerprint density at radius 3 is 2.74 bits per heavy atom. The molecule has 0 N–H and O–H groups in total. The second-order valence-electron chi connectivity index (χ2n) is 5.91. The van der Waals surface area contributed by atoms with Gasteiger partial charge in [0, 0.05) is 22.0 Å². The molecule has 0 unspecified atom stereocenters. The van der Waals surface area contributed by atoms with Gasteiger partial charge < -0.3 is 4.90 Å². The summed E-state index contributed by atoms with van der Waals surface area (Å²) in [5.74, 6) is 2.09. The van der Waals surface area contributed by atoms with Gasteiger partial charge in [-0.3, -0.25) is 4.79 Å². The quantitative estimate of drug-likeness (QED) is 0.507. The maximum Gasteiger partial charge on any atom is 0.229 e. The number of amides is 1. The van der Waals surface area contributed by atoms with Crippen molar-refractivity contribution in [2.24, 2.45) is 0 Å². The van der Waals surface area contributed by atoms with Crippen molar-refractivity contribution in [3.8, 4) is 22.9 Å². The van der Waals surface area contributed by atoms with Crippen LogP contribution in [0.3, 0.4) is 0 Å². The number of benzene rings is 2. The Morgan fingerprint density at radius 1 is 1.26 bits per heavy atom. The summed E-state index contributed by atoms with van der Waals surface area (Å²) >= 11 is 4.95. The van der Waals surface area contributed by atoms with Crippen LogP contribution in [0.4, 0.5) is 4.39 Å². The summed E-state index contributed by atoms with van der Waals surface area (Å²) in [4.78, 5) is 18.8. The van der Waals surface area contributed by atoms with Crippen LogP contribution < -0.4 is 0 Å². The molecule has 136 valence electrons. The molecular weight excluding hydrogens is 427 g/mol. The fourth-order valence-corrected chi connectivity index (χ4v) is 3.78. The summed E-state index contributed by atoms with van der Waals surface area (Å²) in [6.45, 7) is 0.533. The van der Waals surface area contributed by atoms with Crippen LogP contribution in [0.2, 0.25) is 0 Å². The normalized spacial score (nSPS) is 10.4. The first-order valence-electron chi connectivity index (χ1n) is 8.21. The Morgan fingerprint density at radius 2 is 2.04 bits per heavy atom. The minimum Gasteiger partial charge on any atom is -0.327 e. The Balaban J connectivity index is 1.70. The highest BCUT2D eigenvalue weighted by molar-refractivity contribution is 9.10. The van der Waals surface area contributed by atoms with Gasteiger partial charge in [0.25, 0.3) is 0 Å². The van der Waals surface area contributed by atoms with Crippen molar-refractivity contribution in [3.63, 3.8) is 0 Å². The Kier molecular flexibility index (Phi) is 6.38. The Labute approximate surface area is 170 Å². The van der Waals surface area contributed by atoms with Crippen LogP contribution in [0.25, 0.3) is 10.6 Å². The third-order valence-corrected chi connectivity index (χ3v) is 5.31. The fourth-order valence-electron chi connectivity index (χ4n) is 2.56. The lowest BCUT2D eigenvalue weighted by Gasteiger charge is -2.20. The molecule has 0 aliphatic carbocycles. The number of halogens is 2. The van der Waals surface area contributed by atoms with E-state index in [1.807, 2.05) is 29.6 Å². The number of hydrogen-bond acceptors (Lipinski definition) is 3. The zero-order valence-electron chi connectivity index (χ0n) is 14.4. The summed E-state index contributed by atoms with van der Waals surface area (Å²) in [5, 5.41) is 2.75. The number of carbonyl (C=O) groups excluding carboxylic acids is 1. The van der Waals surface area contributed by atoms with Crippen molar-refractivity contribution in [2.45, 2.75) is 13.0 Å². The van der Waals surface area contributed by atoms with Crippen LogP contribution >= 0.6 is 27.3 Å². The van der Waals surface area contributed by atoms with E-state index in [0.29, 0.717) is 12.2 Å². The van der Waals surface area contributed by atoms with Crippen molar-refractivity contribution < 1.29 is 9.18 Å². The third-order valence-electron chi connectivity index (χ3n) is 3.88. The van der Waals surface area contributed by atoms with Crippen molar-refractivity contribution in [1.29, 1.82) is 0 Å². The van der Waals surface area contributed by atoms with Gasteiger partial charge in [-0.25, -0.2) is 9.37 Å². The van der Waals surface area contributed by atoms with E-state index in [2.05, 4.69) is 26.8 Å². The molecule has 0 aliphatic rings. The molecule has 1 aromatic heterocycles. The fraction of sp³-hybridized carbons (Fsp3) is 0.143. The summed E-state index contributed by atoms with van der Waals surface area (Å²) in [5.41, 5.74) is 2.54. The second-order valence-corrected chi connectivity index (χ2v) is 7.69. The highest BCUT2D eigenvalue weighted by Crippen LogP contribution is 2.26. The molecule has 0 bridgehead atoms. The monoisotopic (exact) mass is 442 g/mol. The molecular formula is C21H16BrFN2OS. The third kappa shape index (κ3) is 5.25. The van der Waals surface area contributed by atoms with E-state index in [4.69, 9.17) is 6.42 Å². The van der Waals surface area contributed by atoms with Gasteiger partial charge in [-0.05, 0) is 29.8 Å². The number of terminal acetylenes is 1. The maximum absolute atomic E-state index is 13.1. The van der Waals surface area contributed by atoms with Gasteiger partial charge in [-0.2, -0.15) is 0 Å². The number of aromatic nitrogens is 1. The van der Waals surface area contributed by atoms with Gasteiger partial charge in [0.15, 0.2) is 0 Å². The molecule has 6 heteroatoms. The van der Waals surface area contributed by atoms with E-state index < -0.39 is 0 Å². The number of thiazole rings is 1. The van der Waals surface area contributed by atoms with Crippen molar-refractivity contribution >= 4 is 33.2 Å². The average Bonchev–Trinajstić information content (AvgIpc) is 3.11. The SMILES string of the molecule is C#CCN(Cc1ccc(F)cc1)C(=O)Cc1csc(-c2cccc(Br)c2)n1. The number of hydrogen-bond donors (Lipinski definition) is 0. The predicted octanol–water partition coefficient (Wildman–Crippen LogP) is 4.92. The molecule has 3 rings (SSSR count). The first kappa shape index (κ1) is 19.3. The van der Waals surface area contributed by atoms with Crippen molar-refractivity contribution in [1.82, 2.24) is 9.88 Å². The summed E-state index contributed by atoms with van der Waals surface area (Å²) in [7, 11) is 0. The van der Waals surface area contributed by atoms with E-state index in [0.717, 1.165) is 20.6 Å². The zero-order valence-corrected chi connectivity index (χ0v) is 16.8. The molecule has 0 saturated carbocycles. The van der Waals surface area contributed by atoms with Crippen LogP contribution in [-0.4, -0.2) is 22.3 Å². The van der Waals surface area contributed by atoms with Gasteiger partial charge in [0.2, 0.25) is 5.91 Å². The van der Waals surface area contributed by atoms with Gasteiger partial charge >= 0.3 is 0 Å². The van der Waals surface area contributed by atoms with Crippen LogP contribution in [0.5, 0.6) is 0 Å². The highest BCUT2D eigenvalue weighted by atomic mass is 79.9. The summed E-state index contributed by atoms with van der Waals surface area (Å²) in [6.07, 6.45) is 5.58. The second kappa shape index (κ2) is 8.94. The number of carbonyl (C=O) groups is 1. The van der Waals surface area contributed by atoms with Gasteiger partial charge in [-0.15, -0.1) is 17.8 Å². The molecule has 1 amide bonds. The van der Waals surface area contributed by atoms with Crippen LogP contribution in [0.1, 0.15) is 11.3 Å². The molecule has 0 atom stereocenters. The first-order valence-corrected chi connectivity index (χ1v) is 9.88. The van der Waals surface area contributed by atoms with Crippen molar-refractivity contribution in [2.75, 3.05) is 6.54 Å². The highest BCUT2D eigenvalue weighted by Gasteiger charge is 2.16. The van der Waals surface area contributed by atoms with E-state index in [1.54, 1.807) is 17.0 Å². The zero-order chi connectivity index (χ0) is 19.2. The molecule has 3 aromatic rings. The number of nitrogens with zero attached hydrogens (tertiary/aromatic N) is 2. The molecule has 0 radical (unpaired) electrons. The van der Waals surface area contributed by atoms with Gasteiger partial charge in [-0.1, -0.05) is 46.1 Å². The minimum absolute atomic E-state index is 0.108. The lowest BCUT2D eigenvalue weighted by molar-refractivity contribution is -0.130. The average molecular weight is 443 g/mol. The van der Waals surface area contributed by atoms with Crippen LogP contribution in [0, 0.1) is 18.2 Å². The molecule has 0 fully saturated rings. The molecule has 3 nitrogen and oxygen atoms in total. The lowest BCUT2D eigenvalue weighted by Crippen LogP contribution is -2.32. The largest absolute Gasteiger partial charge is 0.327 e. The Hall–Kier alpha value is -2.49. The van der Waals surface area contributed by atoms with Crippen LogP contribution in [0.15, 0.2) is 58.4 Å². The van der Waals surface area contributed by atoms with Gasteiger partial charge in [0.1, 0.15) is 10.8 Å². The topological polar surface area (TPSA) is 33.2 Å². The Bertz CT molecular complexity index is 978. The van der Waals surface area contributed by atoms with E-state index in [-0.39, 0.29) is 24.7 Å². The van der Waals surface area contributed by atoms with Gasteiger partial charge in [0.05, 0.1) is 18.7 Å². The maximum atomic E-state index is 13.1. The summed E-state index contributed by atoms with van der Waals surface area (Å²) < 4.78 is 14.0. The molecule has 2 aromatic carbocycles. The van der Waals surface area contributed by atoms with E-state index in [1.165, 1.54) is 23.5 Å². The summed E-state index contributed by atoms with van der Waals surface area (Å²) in [6, 6.07) is 13.9. The molecule has 0 saturated heterocycles. The smallest absolute Gasteiger partial charge is 0.229 e. The van der Waals surface area contributed by atoms with E-state index in [9.17, 15) is 9.18 Å². The molecule has 27 heavy (non-hydrogen) atoms. The first-order chi connectivity index (χ1) is 13.0.